The predicted molar refractivity (Wildman–Crippen MR) is 62.3 cm³/mol. The van der Waals surface area contributed by atoms with Crippen molar-refractivity contribution >= 4 is 5.91 Å². The molecule has 0 heterocycles. The second kappa shape index (κ2) is 5.48. The lowest BCUT2D eigenvalue weighted by molar-refractivity contribution is -0.129. The van der Waals surface area contributed by atoms with Crippen molar-refractivity contribution in [1.29, 1.82) is 0 Å². The summed E-state index contributed by atoms with van der Waals surface area (Å²) >= 11 is 0. The molecule has 2 aliphatic carbocycles. The van der Waals surface area contributed by atoms with E-state index in [2.05, 4.69) is 5.32 Å². The van der Waals surface area contributed by atoms with Gasteiger partial charge in [-0.3, -0.25) is 4.79 Å². The monoisotopic (exact) mass is 262 g/mol. The van der Waals surface area contributed by atoms with E-state index in [1.807, 2.05) is 0 Å². The van der Waals surface area contributed by atoms with E-state index in [4.69, 9.17) is 10.5 Å². The number of hydrogen-bond donors (Lipinski definition) is 2. The Morgan fingerprint density at radius 2 is 2.17 bits per heavy atom. The van der Waals surface area contributed by atoms with Crippen LogP contribution < -0.4 is 11.1 Å². The van der Waals surface area contributed by atoms with E-state index in [0.29, 0.717) is 25.3 Å². The Hall–Kier alpha value is -0.750. The number of ether oxygens (including phenoxy) is 1. The summed E-state index contributed by atoms with van der Waals surface area (Å²) in [5.74, 6) is -0.389. The smallest absolute Gasteiger partial charge is 0.261 e. The lowest BCUT2D eigenvalue weighted by Gasteiger charge is -2.39. The summed E-state index contributed by atoms with van der Waals surface area (Å²) in [4.78, 5) is 11.7. The van der Waals surface area contributed by atoms with Gasteiger partial charge in [-0.05, 0) is 32.1 Å². The maximum Gasteiger partial charge on any atom is 0.261 e. The van der Waals surface area contributed by atoms with Gasteiger partial charge in [0.25, 0.3) is 6.43 Å². The maximum atomic E-state index is 12.1. The van der Waals surface area contributed by atoms with E-state index in [1.54, 1.807) is 0 Å². The summed E-state index contributed by atoms with van der Waals surface area (Å²) < 4.78 is 29.4. The summed E-state index contributed by atoms with van der Waals surface area (Å²) in [6.07, 6.45) is 1.91. The van der Waals surface area contributed by atoms with Gasteiger partial charge >= 0.3 is 0 Å². The van der Waals surface area contributed by atoms with Gasteiger partial charge in [-0.1, -0.05) is 0 Å². The molecule has 0 saturated heterocycles. The SMILES string of the molecule is NC(=O)C1(NC2CC2)CCCC(OCC(F)F)C1. The number of primary amides is 1. The first-order valence-corrected chi connectivity index (χ1v) is 6.49. The third-order valence-corrected chi connectivity index (χ3v) is 3.69. The third-order valence-electron chi connectivity index (χ3n) is 3.69. The van der Waals surface area contributed by atoms with Gasteiger partial charge in [0.1, 0.15) is 12.1 Å². The first-order chi connectivity index (χ1) is 8.52. The van der Waals surface area contributed by atoms with Gasteiger partial charge in [0.15, 0.2) is 0 Å². The minimum Gasteiger partial charge on any atom is -0.372 e. The van der Waals surface area contributed by atoms with Gasteiger partial charge in [-0.15, -0.1) is 0 Å². The average molecular weight is 262 g/mol. The number of amides is 1. The number of nitrogens with two attached hydrogens (primary N) is 1. The standard InChI is InChI=1S/C12H20F2N2O2/c13-10(14)7-18-9-2-1-5-12(6-9,11(15)17)16-8-3-4-8/h8-10,16H,1-7H2,(H2,15,17). The van der Waals surface area contributed by atoms with Gasteiger partial charge in [0.05, 0.1) is 6.10 Å². The van der Waals surface area contributed by atoms with Crippen molar-refractivity contribution in [2.24, 2.45) is 5.73 Å². The summed E-state index contributed by atoms with van der Waals surface area (Å²) in [5, 5.41) is 3.28. The molecule has 104 valence electrons. The van der Waals surface area contributed by atoms with E-state index in [9.17, 15) is 13.6 Å². The molecule has 4 nitrogen and oxygen atoms in total. The van der Waals surface area contributed by atoms with E-state index in [0.717, 1.165) is 19.3 Å². The van der Waals surface area contributed by atoms with Crippen LogP contribution in [0.5, 0.6) is 0 Å². The van der Waals surface area contributed by atoms with Crippen molar-refractivity contribution in [3.05, 3.63) is 0 Å². The van der Waals surface area contributed by atoms with Crippen LogP contribution in [0.1, 0.15) is 38.5 Å². The van der Waals surface area contributed by atoms with Crippen LogP contribution in [0, 0.1) is 0 Å². The fourth-order valence-corrected chi connectivity index (χ4v) is 2.62. The second-order valence-corrected chi connectivity index (χ2v) is 5.31. The van der Waals surface area contributed by atoms with Crippen molar-refractivity contribution < 1.29 is 18.3 Å². The highest BCUT2D eigenvalue weighted by atomic mass is 19.3. The highest BCUT2D eigenvalue weighted by Crippen LogP contribution is 2.34. The van der Waals surface area contributed by atoms with Crippen LogP contribution in [0.4, 0.5) is 8.78 Å². The number of halogens is 2. The molecule has 1 amide bonds. The van der Waals surface area contributed by atoms with Crippen LogP contribution in [0.25, 0.3) is 0 Å². The molecule has 3 N–H and O–H groups in total. The fraction of sp³-hybridized carbons (Fsp3) is 0.917. The zero-order chi connectivity index (χ0) is 13.2. The molecule has 0 radical (unpaired) electrons. The highest BCUT2D eigenvalue weighted by Gasteiger charge is 2.44. The Morgan fingerprint density at radius 1 is 1.44 bits per heavy atom. The summed E-state index contributed by atoms with van der Waals surface area (Å²) in [6.45, 7) is -0.567. The number of rotatable bonds is 6. The minimum atomic E-state index is -2.47. The molecule has 18 heavy (non-hydrogen) atoms. The van der Waals surface area contributed by atoms with Crippen molar-refractivity contribution in [3.63, 3.8) is 0 Å². The number of alkyl halides is 2. The van der Waals surface area contributed by atoms with Gasteiger partial charge in [0, 0.05) is 12.5 Å². The Kier molecular flexibility index (Phi) is 4.17. The molecular weight excluding hydrogens is 242 g/mol. The molecule has 2 atom stereocenters. The molecule has 0 spiro atoms. The topological polar surface area (TPSA) is 64.4 Å². The summed E-state index contributed by atoms with van der Waals surface area (Å²) in [7, 11) is 0. The number of carbonyl (C=O) groups excluding carboxylic acids is 1. The van der Waals surface area contributed by atoms with Crippen LogP contribution in [0.2, 0.25) is 0 Å². The molecule has 0 aromatic carbocycles. The lowest BCUT2D eigenvalue weighted by Crippen LogP contribution is -2.59. The molecule has 0 aliphatic heterocycles. The fourth-order valence-electron chi connectivity index (χ4n) is 2.62. The first-order valence-electron chi connectivity index (χ1n) is 6.49. The lowest BCUT2D eigenvalue weighted by atomic mass is 9.79. The zero-order valence-electron chi connectivity index (χ0n) is 10.3. The molecular formula is C12H20F2N2O2. The Bertz CT molecular complexity index is 310. The van der Waals surface area contributed by atoms with Crippen molar-refractivity contribution in [1.82, 2.24) is 5.32 Å². The van der Waals surface area contributed by atoms with Gasteiger partial charge in [-0.25, -0.2) is 8.78 Å². The minimum absolute atomic E-state index is 0.300. The van der Waals surface area contributed by atoms with Gasteiger partial charge in [-0.2, -0.15) is 0 Å². The quantitative estimate of drug-likeness (QED) is 0.755. The molecule has 2 aliphatic rings. The van der Waals surface area contributed by atoms with E-state index >= 15 is 0 Å². The molecule has 2 rings (SSSR count). The van der Waals surface area contributed by atoms with Crippen LogP contribution in [0.15, 0.2) is 0 Å². The molecule has 2 fully saturated rings. The predicted octanol–water partition coefficient (Wildman–Crippen LogP) is 1.19. The number of carbonyl (C=O) groups is 1. The third kappa shape index (κ3) is 3.38. The van der Waals surface area contributed by atoms with Crippen molar-refractivity contribution in [2.75, 3.05) is 6.61 Å². The largest absolute Gasteiger partial charge is 0.372 e. The molecule has 2 unspecified atom stereocenters. The van der Waals surface area contributed by atoms with E-state index in [-0.39, 0.29) is 12.0 Å². The maximum absolute atomic E-state index is 12.1. The molecule has 0 aromatic heterocycles. The zero-order valence-corrected chi connectivity index (χ0v) is 10.3. The Balaban J connectivity index is 1.94. The Labute approximate surface area is 105 Å². The summed E-state index contributed by atoms with van der Waals surface area (Å²) in [5.41, 5.74) is 4.73. The van der Waals surface area contributed by atoms with E-state index < -0.39 is 18.6 Å². The average Bonchev–Trinajstić information content (AvgIpc) is 3.10. The molecule has 0 bridgehead atoms. The molecule has 0 aromatic rings. The second-order valence-electron chi connectivity index (χ2n) is 5.31. The van der Waals surface area contributed by atoms with Crippen molar-refractivity contribution in [2.45, 2.75) is 62.6 Å². The van der Waals surface area contributed by atoms with Crippen LogP contribution in [-0.4, -0.2) is 36.6 Å². The van der Waals surface area contributed by atoms with E-state index in [1.165, 1.54) is 0 Å². The normalized spacial score (nSPS) is 32.7. The Morgan fingerprint density at radius 3 is 2.72 bits per heavy atom. The van der Waals surface area contributed by atoms with Crippen LogP contribution in [-0.2, 0) is 9.53 Å². The van der Waals surface area contributed by atoms with Crippen LogP contribution >= 0.6 is 0 Å². The van der Waals surface area contributed by atoms with Crippen LogP contribution in [0.3, 0.4) is 0 Å². The highest BCUT2D eigenvalue weighted by molar-refractivity contribution is 5.85. The molecule has 6 heteroatoms. The first kappa shape index (κ1) is 13.7. The van der Waals surface area contributed by atoms with Gasteiger partial charge in [0.2, 0.25) is 5.91 Å². The number of nitrogens with one attached hydrogen (secondary N) is 1. The summed E-state index contributed by atoms with van der Waals surface area (Å²) in [6, 6.07) is 0.353. The van der Waals surface area contributed by atoms with Gasteiger partial charge < -0.3 is 15.8 Å². The number of hydrogen-bond acceptors (Lipinski definition) is 3. The van der Waals surface area contributed by atoms with Crippen molar-refractivity contribution in [3.8, 4) is 0 Å². The molecule has 2 saturated carbocycles.